The van der Waals surface area contributed by atoms with E-state index in [2.05, 4.69) is 21.1 Å². The summed E-state index contributed by atoms with van der Waals surface area (Å²) in [7, 11) is 0. The lowest BCUT2D eigenvalue weighted by atomic mass is 10.1. The molecule has 1 aromatic carbocycles. The van der Waals surface area contributed by atoms with Gasteiger partial charge in [-0.1, -0.05) is 11.2 Å². The van der Waals surface area contributed by atoms with Gasteiger partial charge < -0.3 is 9.94 Å². The third-order valence-corrected chi connectivity index (χ3v) is 4.34. The summed E-state index contributed by atoms with van der Waals surface area (Å²) in [5.41, 5.74) is 2.46. The van der Waals surface area contributed by atoms with Crippen LogP contribution in [0.1, 0.15) is 22.9 Å². The van der Waals surface area contributed by atoms with Crippen molar-refractivity contribution in [1.82, 2.24) is 0 Å². The summed E-state index contributed by atoms with van der Waals surface area (Å²) >= 11 is 5.06. The molecule has 0 fully saturated rings. The van der Waals surface area contributed by atoms with E-state index >= 15 is 0 Å². The molecule has 1 heterocycles. The predicted molar refractivity (Wildman–Crippen MR) is 81.5 cm³/mol. The summed E-state index contributed by atoms with van der Waals surface area (Å²) in [6.45, 7) is 4.26. The van der Waals surface area contributed by atoms with E-state index in [1.807, 2.05) is 36.6 Å². The molecule has 5 heteroatoms. The third-order valence-electron chi connectivity index (χ3n) is 2.67. The van der Waals surface area contributed by atoms with Gasteiger partial charge in [0.1, 0.15) is 12.4 Å². The molecule has 0 spiro atoms. The number of thiophene rings is 1. The standard InChI is InChI=1S/C14H14BrNO2S/c1-9-3-4-13(10(2)16-17)14(5-9)18-7-12-6-11(15)8-19-12/h3-6,8,17H,7H2,1-2H3/b16-10-. The van der Waals surface area contributed by atoms with E-state index in [-0.39, 0.29) is 0 Å². The number of oxime groups is 1. The Morgan fingerprint density at radius 2 is 2.21 bits per heavy atom. The first-order valence-corrected chi connectivity index (χ1v) is 7.43. The van der Waals surface area contributed by atoms with Crippen LogP contribution >= 0.6 is 27.3 Å². The van der Waals surface area contributed by atoms with Crippen LogP contribution in [0.15, 0.2) is 39.3 Å². The van der Waals surface area contributed by atoms with E-state index in [1.54, 1.807) is 18.3 Å². The smallest absolute Gasteiger partial charge is 0.129 e. The maximum atomic E-state index is 8.90. The van der Waals surface area contributed by atoms with Gasteiger partial charge in [0.15, 0.2) is 0 Å². The van der Waals surface area contributed by atoms with Crippen molar-refractivity contribution in [3.63, 3.8) is 0 Å². The van der Waals surface area contributed by atoms with E-state index < -0.39 is 0 Å². The molecular weight excluding hydrogens is 326 g/mol. The van der Waals surface area contributed by atoms with Crippen LogP contribution in [0.25, 0.3) is 0 Å². The Labute approximate surface area is 124 Å². The molecule has 2 aromatic rings. The summed E-state index contributed by atoms with van der Waals surface area (Å²) < 4.78 is 6.90. The summed E-state index contributed by atoms with van der Waals surface area (Å²) in [5, 5.41) is 14.2. The normalized spacial score (nSPS) is 11.6. The second-order valence-electron chi connectivity index (χ2n) is 4.20. The van der Waals surface area contributed by atoms with E-state index in [9.17, 15) is 0 Å². The fraction of sp³-hybridized carbons (Fsp3) is 0.214. The van der Waals surface area contributed by atoms with Crippen LogP contribution in [-0.2, 0) is 6.61 Å². The minimum absolute atomic E-state index is 0.505. The van der Waals surface area contributed by atoms with Crippen molar-refractivity contribution in [2.45, 2.75) is 20.5 Å². The molecule has 2 rings (SSSR count). The zero-order valence-electron chi connectivity index (χ0n) is 10.7. The van der Waals surface area contributed by atoms with Crippen LogP contribution in [0.5, 0.6) is 5.75 Å². The third kappa shape index (κ3) is 3.58. The first-order chi connectivity index (χ1) is 9.10. The Morgan fingerprint density at radius 3 is 2.84 bits per heavy atom. The predicted octanol–water partition coefficient (Wildman–Crippen LogP) is 4.60. The quantitative estimate of drug-likeness (QED) is 0.502. The van der Waals surface area contributed by atoms with Crippen LogP contribution in [0.4, 0.5) is 0 Å². The highest BCUT2D eigenvalue weighted by Crippen LogP contribution is 2.25. The summed E-state index contributed by atoms with van der Waals surface area (Å²) in [6.07, 6.45) is 0. The highest BCUT2D eigenvalue weighted by molar-refractivity contribution is 9.10. The van der Waals surface area contributed by atoms with Crippen molar-refractivity contribution < 1.29 is 9.94 Å². The number of hydrogen-bond donors (Lipinski definition) is 1. The summed E-state index contributed by atoms with van der Waals surface area (Å²) in [6, 6.07) is 7.86. The van der Waals surface area contributed by atoms with E-state index in [4.69, 9.17) is 9.94 Å². The molecule has 1 N–H and O–H groups in total. The average molecular weight is 340 g/mol. The van der Waals surface area contributed by atoms with Gasteiger partial charge in [0.05, 0.1) is 5.71 Å². The van der Waals surface area contributed by atoms with Gasteiger partial charge in [-0.05, 0) is 53.5 Å². The Balaban J connectivity index is 2.21. The molecule has 100 valence electrons. The van der Waals surface area contributed by atoms with Crippen molar-refractivity contribution in [1.29, 1.82) is 0 Å². The second kappa shape index (κ2) is 6.21. The van der Waals surface area contributed by atoms with Gasteiger partial charge >= 0.3 is 0 Å². The van der Waals surface area contributed by atoms with Gasteiger partial charge in [-0.3, -0.25) is 0 Å². The van der Waals surface area contributed by atoms with Gasteiger partial charge in [-0.15, -0.1) is 11.3 Å². The lowest BCUT2D eigenvalue weighted by Gasteiger charge is -2.11. The number of rotatable bonds is 4. The van der Waals surface area contributed by atoms with E-state index in [0.717, 1.165) is 26.2 Å². The highest BCUT2D eigenvalue weighted by Gasteiger charge is 2.08. The molecule has 0 saturated carbocycles. The largest absolute Gasteiger partial charge is 0.487 e. The lowest BCUT2D eigenvalue weighted by molar-refractivity contribution is 0.306. The fourth-order valence-corrected chi connectivity index (χ4v) is 3.04. The van der Waals surface area contributed by atoms with Crippen LogP contribution in [0, 0.1) is 6.92 Å². The minimum Gasteiger partial charge on any atom is -0.487 e. The molecule has 3 nitrogen and oxygen atoms in total. The van der Waals surface area contributed by atoms with Crippen molar-refractivity contribution in [3.8, 4) is 5.75 Å². The SMILES string of the molecule is C/C(=N/O)c1ccc(C)cc1OCc1cc(Br)cs1. The minimum atomic E-state index is 0.505. The van der Waals surface area contributed by atoms with Gasteiger partial charge in [0.25, 0.3) is 0 Å². The molecule has 0 saturated heterocycles. The number of aryl methyl sites for hydroxylation is 1. The van der Waals surface area contributed by atoms with E-state index in [0.29, 0.717) is 12.3 Å². The van der Waals surface area contributed by atoms with Gasteiger partial charge in [0.2, 0.25) is 0 Å². The van der Waals surface area contributed by atoms with Crippen LogP contribution in [-0.4, -0.2) is 10.9 Å². The lowest BCUT2D eigenvalue weighted by Crippen LogP contribution is -2.02. The average Bonchev–Trinajstić information content (AvgIpc) is 2.81. The number of nitrogens with zero attached hydrogens (tertiary/aromatic N) is 1. The fourth-order valence-electron chi connectivity index (χ4n) is 1.68. The highest BCUT2D eigenvalue weighted by atomic mass is 79.9. The Hall–Kier alpha value is -1.33. The number of halogens is 1. The second-order valence-corrected chi connectivity index (χ2v) is 6.12. The molecule has 0 radical (unpaired) electrons. The Kier molecular flexibility index (Phi) is 4.61. The maximum absolute atomic E-state index is 8.90. The molecule has 19 heavy (non-hydrogen) atoms. The molecule has 1 aromatic heterocycles. The Morgan fingerprint density at radius 1 is 1.42 bits per heavy atom. The zero-order valence-corrected chi connectivity index (χ0v) is 13.1. The molecule has 0 amide bonds. The first-order valence-electron chi connectivity index (χ1n) is 5.75. The zero-order chi connectivity index (χ0) is 13.8. The maximum Gasteiger partial charge on any atom is 0.129 e. The van der Waals surface area contributed by atoms with Crippen molar-refractivity contribution >= 4 is 33.0 Å². The monoisotopic (exact) mass is 339 g/mol. The molecular formula is C14H14BrNO2S. The molecule has 0 aliphatic rings. The van der Waals surface area contributed by atoms with Gasteiger partial charge in [0, 0.05) is 20.3 Å². The number of ether oxygens (including phenoxy) is 1. The van der Waals surface area contributed by atoms with Crippen LogP contribution in [0.2, 0.25) is 0 Å². The topological polar surface area (TPSA) is 41.8 Å². The van der Waals surface area contributed by atoms with Crippen LogP contribution < -0.4 is 4.74 Å². The molecule has 0 aliphatic heterocycles. The number of benzene rings is 1. The van der Waals surface area contributed by atoms with E-state index in [1.165, 1.54) is 0 Å². The molecule has 0 atom stereocenters. The molecule has 0 aliphatic carbocycles. The number of hydrogen-bond acceptors (Lipinski definition) is 4. The Bertz CT molecular complexity index is 607. The summed E-state index contributed by atoms with van der Waals surface area (Å²) in [4.78, 5) is 1.14. The van der Waals surface area contributed by atoms with Gasteiger partial charge in [-0.2, -0.15) is 0 Å². The van der Waals surface area contributed by atoms with Gasteiger partial charge in [-0.25, -0.2) is 0 Å². The van der Waals surface area contributed by atoms with Crippen molar-refractivity contribution in [3.05, 3.63) is 50.1 Å². The van der Waals surface area contributed by atoms with Crippen LogP contribution in [0.3, 0.4) is 0 Å². The first kappa shape index (κ1) is 14.1. The van der Waals surface area contributed by atoms with Crippen molar-refractivity contribution in [2.75, 3.05) is 0 Å². The molecule has 0 bridgehead atoms. The molecule has 0 unspecified atom stereocenters. The van der Waals surface area contributed by atoms with Crippen molar-refractivity contribution in [2.24, 2.45) is 5.16 Å². The summed E-state index contributed by atoms with van der Waals surface area (Å²) in [5.74, 6) is 0.736.